The van der Waals surface area contributed by atoms with Crippen LogP contribution in [-0.2, 0) is 4.79 Å². The van der Waals surface area contributed by atoms with Crippen LogP contribution in [0, 0.1) is 12.8 Å². The number of likely N-dealkylation sites (tertiary alicyclic amines) is 1. The number of carboxylic acid groups (broad SMARTS) is 1. The summed E-state index contributed by atoms with van der Waals surface area (Å²) in [4.78, 5) is 24.5. The number of amides is 1. The molecule has 0 saturated carbocycles. The van der Waals surface area contributed by atoms with E-state index in [4.69, 9.17) is 21.1 Å². The number of aryl methyl sites for hydroxylation is 1. The molecule has 0 spiro atoms. The first-order chi connectivity index (χ1) is 9.47. The number of halogens is 1. The van der Waals surface area contributed by atoms with E-state index in [9.17, 15) is 9.59 Å². The Morgan fingerprint density at radius 2 is 2.10 bits per heavy atom. The summed E-state index contributed by atoms with van der Waals surface area (Å²) in [6.45, 7) is 2.25. The smallest absolute Gasteiger partial charge is 0.310 e. The lowest BCUT2D eigenvalue weighted by atomic mass is 10.00. The molecule has 1 N–H and O–H groups in total. The molecule has 1 aromatic carbocycles. The van der Waals surface area contributed by atoms with Gasteiger partial charge in [0.15, 0.2) is 5.76 Å². The van der Waals surface area contributed by atoms with Crippen molar-refractivity contribution in [1.29, 1.82) is 0 Å². The summed E-state index contributed by atoms with van der Waals surface area (Å²) in [6.07, 6.45) is 0. The molecule has 1 aromatic heterocycles. The minimum Gasteiger partial charge on any atom is -0.481 e. The van der Waals surface area contributed by atoms with Crippen LogP contribution in [0.5, 0.6) is 0 Å². The highest BCUT2D eigenvalue weighted by Gasteiger charge is 2.37. The molecule has 6 heteroatoms. The Morgan fingerprint density at radius 3 is 2.75 bits per heavy atom. The average molecular weight is 294 g/mol. The molecule has 3 rings (SSSR count). The topological polar surface area (TPSA) is 70.8 Å². The SMILES string of the molecule is Cc1c(C(=O)N2CC(C(=O)O)C2)oc2ccc(Cl)cc12. The molecule has 0 aliphatic carbocycles. The van der Waals surface area contributed by atoms with Gasteiger partial charge in [-0.3, -0.25) is 9.59 Å². The predicted octanol–water partition coefficient (Wildman–Crippen LogP) is 2.55. The molecule has 2 aromatic rings. The second-order valence-corrected chi connectivity index (χ2v) is 5.38. The van der Waals surface area contributed by atoms with Gasteiger partial charge in [0.2, 0.25) is 0 Å². The molecule has 2 heterocycles. The Labute approximate surface area is 119 Å². The van der Waals surface area contributed by atoms with Crippen molar-refractivity contribution in [2.45, 2.75) is 6.92 Å². The normalized spacial score (nSPS) is 15.4. The number of carboxylic acids is 1. The van der Waals surface area contributed by atoms with Gasteiger partial charge in [-0.1, -0.05) is 11.6 Å². The number of carbonyl (C=O) groups is 2. The van der Waals surface area contributed by atoms with Crippen molar-refractivity contribution < 1.29 is 19.1 Å². The zero-order valence-electron chi connectivity index (χ0n) is 10.7. The van der Waals surface area contributed by atoms with Crippen LogP contribution in [-0.4, -0.2) is 35.0 Å². The zero-order chi connectivity index (χ0) is 14.4. The van der Waals surface area contributed by atoms with Gasteiger partial charge in [-0.15, -0.1) is 0 Å². The van der Waals surface area contributed by atoms with E-state index in [0.29, 0.717) is 10.6 Å². The van der Waals surface area contributed by atoms with Crippen LogP contribution in [0.4, 0.5) is 0 Å². The molecule has 1 amide bonds. The van der Waals surface area contributed by atoms with E-state index in [1.54, 1.807) is 25.1 Å². The fourth-order valence-electron chi connectivity index (χ4n) is 2.34. The van der Waals surface area contributed by atoms with Crippen LogP contribution < -0.4 is 0 Å². The first kappa shape index (κ1) is 13.0. The minimum atomic E-state index is -0.873. The molecular weight excluding hydrogens is 282 g/mol. The zero-order valence-corrected chi connectivity index (χ0v) is 11.5. The number of rotatable bonds is 2. The molecule has 0 atom stereocenters. The molecular formula is C14H12ClNO4. The molecule has 5 nitrogen and oxygen atoms in total. The number of hydrogen-bond acceptors (Lipinski definition) is 3. The Balaban J connectivity index is 1.89. The molecule has 0 radical (unpaired) electrons. The van der Waals surface area contributed by atoms with Gasteiger partial charge in [0.1, 0.15) is 5.58 Å². The quantitative estimate of drug-likeness (QED) is 0.924. The number of fused-ring (bicyclic) bond motifs is 1. The second kappa shape index (κ2) is 4.52. The van der Waals surface area contributed by atoms with E-state index in [1.807, 2.05) is 0 Å². The van der Waals surface area contributed by atoms with Crippen molar-refractivity contribution >= 4 is 34.4 Å². The number of benzene rings is 1. The summed E-state index contributed by atoms with van der Waals surface area (Å²) in [6, 6.07) is 5.17. The third kappa shape index (κ3) is 1.94. The lowest BCUT2D eigenvalue weighted by Gasteiger charge is -2.36. The first-order valence-corrected chi connectivity index (χ1v) is 6.56. The van der Waals surface area contributed by atoms with Gasteiger partial charge in [-0.2, -0.15) is 0 Å². The third-order valence-corrected chi connectivity index (χ3v) is 3.85. The van der Waals surface area contributed by atoms with Gasteiger partial charge < -0.3 is 14.4 Å². The van der Waals surface area contributed by atoms with Gasteiger partial charge in [0, 0.05) is 29.1 Å². The van der Waals surface area contributed by atoms with Crippen molar-refractivity contribution in [3.63, 3.8) is 0 Å². The van der Waals surface area contributed by atoms with Crippen molar-refractivity contribution in [3.05, 3.63) is 34.5 Å². The summed E-state index contributed by atoms with van der Waals surface area (Å²) >= 11 is 5.93. The average Bonchev–Trinajstić information content (AvgIpc) is 2.64. The highest BCUT2D eigenvalue weighted by atomic mass is 35.5. The van der Waals surface area contributed by atoms with E-state index >= 15 is 0 Å². The Hall–Kier alpha value is -2.01. The van der Waals surface area contributed by atoms with Crippen LogP contribution >= 0.6 is 11.6 Å². The maximum Gasteiger partial charge on any atom is 0.310 e. The predicted molar refractivity (Wildman–Crippen MR) is 73.0 cm³/mol. The van der Waals surface area contributed by atoms with E-state index in [1.165, 1.54) is 4.90 Å². The fraction of sp³-hybridized carbons (Fsp3) is 0.286. The Bertz CT molecular complexity index is 715. The summed E-state index contributed by atoms with van der Waals surface area (Å²) < 4.78 is 5.57. The highest BCUT2D eigenvalue weighted by molar-refractivity contribution is 6.31. The maximum atomic E-state index is 12.3. The van der Waals surface area contributed by atoms with E-state index < -0.39 is 11.9 Å². The van der Waals surface area contributed by atoms with Crippen molar-refractivity contribution in [3.8, 4) is 0 Å². The molecule has 20 heavy (non-hydrogen) atoms. The van der Waals surface area contributed by atoms with E-state index in [0.717, 1.165) is 10.9 Å². The summed E-state index contributed by atoms with van der Waals surface area (Å²) in [5, 5.41) is 10.2. The molecule has 1 aliphatic rings. The van der Waals surface area contributed by atoms with Gasteiger partial charge in [-0.05, 0) is 25.1 Å². The van der Waals surface area contributed by atoms with Crippen LogP contribution in [0.25, 0.3) is 11.0 Å². The van der Waals surface area contributed by atoms with Gasteiger partial charge in [0.05, 0.1) is 5.92 Å². The molecule has 1 aliphatic heterocycles. The largest absolute Gasteiger partial charge is 0.481 e. The third-order valence-electron chi connectivity index (χ3n) is 3.61. The van der Waals surface area contributed by atoms with Crippen molar-refractivity contribution in [2.75, 3.05) is 13.1 Å². The molecule has 0 bridgehead atoms. The lowest BCUT2D eigenvalue weighted by Crippen LogP contribution is -2.53. The first-order valence-electron chi connectivity index (χ1n) is 6.18. The van der Waals surface area contributed by atoms with E-state index in [-0.39, 0.29) is 24.8 Å². The number of carbonyl (C=O) groups excluding carboxylic acids is 1. The number of hydrogen-bond donors (Lipinski definition) is 1. The van der Waals surface area contributed by atoms with Gasteiger partial charge in [0.25, 0.3) is 5.91 Å². The minimum absolute atomic E-state index is 0.228. The molecule has 0 unspecified atom stereocenters. The van der Waals surface area contributed by atoms with Gasteiger partial charge in [-0.25, -0.2) is 0 Å². The van der Waals surface area contributed by atoms with Crippen LogP contribution in [0.2, 0.25) is 5.02 Å². The monoisotopic (exact) mass is 293 g/mol. The highest BCUT2D eigenvalue weighted by Crippen LogP contribution is 2.30. The maximum absolute atomic E-state index is 12.3. The van der Waals surface area contributed by atoms with Crippen LogP contribution in [0.3, 0.4) is 0 Å². The second-order valence-electron chi connectivity index (χ2n) is 4.94. The van der Waals surface area contributed by atoms with Gasteiger partial charge >= 0.3 is 5.97 Å². The van der Waals surface area contributed by atoms with Crippen LogP contribution in [0.15, 0.2) is 22.6 Å². The van der Waals surface area contributed by atoms with Crippen molar-refractivity contribution in [2.24, 2.45) is 5.92 Å². The molecule has 1 saturated heterocycles. The standard InChI is InChI=1S/C14H12ClNO4/c1-7-10-4-9(15)2-3-11(10)20-12(7)13(17)16-5-8(6-16)14(18)19/h2-4,8H,5-6H2,1H3,(H,18,19). The summed E-state index contributed by atoms with van der Waals surface area (Å²) in [5.41, 5.74) is 1.33. The number of aliphatic carboxylic acids is 1. The number of nitrogens with zero attached hydrogens (tertiary/aromatic N) is 1. The van der Waals surface area contributed by atoms with Crippen molar-refractivity contribution in [1.82, 2.24) is 4.90 Å². The molecule has 1 fully saturated rings. The number of furan rings is 1. The van der Waals surface area contributed by atoms with Crippen LogP contribution in [0.1, 0.15) is 16.1 Å². The fourth-order valence-corrected chi connectivity index (χ4v) is 2.51. The lowest BCUT2D eigenvalue weighted by molar-refractivity contribution is -0.146. The summed E-state index contributed by atoms with van der Waals surface area (Å²) in [5.74, 6) is -1.36. The Kier molecular flexibility index (Phi) is 2.94. The molecule has 104 valence electrons. The Morgan fingerprint density at radius 1 is 1.40 bits per heavy atom. The van der Waals surface area contributed by atoms with E-state index in [2.05, 4.69) is 0 Å². The summed E-state index contributed by atoms with van der Waals surface area (Å²) in [7, 11) is 0.